The zero-order valence-corrected chi connectivity index (χ0v) is 6.84. The van der Waals surface area contributed by atoms with E-state index < -0.39 is 0 Å². The van der Waals surface area contributed by atoms with Crippen molar-refractivity contribution < 1.29 is 4.79 Å². The van der Waals surface area contributed by atoms with Gasteiger partial charge in [0, 0.05) is 26.2 Å². The van der Waals surface area contributed by atoms with Gasteiger partial charge in [0.05, 0.1) is 0 Å². The summed E-state index contributed by atoms with van der Waals surface area (Å²) in [5.41, 5.74) is 0.0249. The summed E-state index contributed by atoms with van der Waals surface area (Å²) in [6.07, 6.45) is 0. The molecule has 1 amide bonds. The topological polar surface area (TPSA) is 56.1 Å². The fraction of sp³-hybridized carbons (Fsp3) is 0.500. The Kier molecular flexibility index (Phi) is 2.83. The van der Waals surface area contributed by atoms with Crippen LogP contribution in [0, 0.1) is 11.3 Å². The van der Waals surface area contributed by atoms with Crippen LogP contribution in [0.2, 0.25) is 0 Å². The maximum atomic E-state index is 11.3. The first-order chi connectivity index (χ1) is 5.75. The van der Waals surface area contributed by atoms with Gasteiger partial charge in [-0.05, 0) is 0 Å². The quantitative estimate of drug-likeness (QED) is 0.421. The summed E-state index contributed by atoms with van der Waals surface area (Å²) in [6, 6.07) is 1.76. The second-order valence-electron chi connectivity index (χ2n) is 2.63. The summed E-state index contributed by atoms with van der Waals surface area (Å²) in [7, 11) is 0. The van der Waals surface area contributed by atoms with E-state index in [0.717, 1.165) is 13.1 Å². The van der Waals surface area contributed by atoms with Crippen molar-refractivity contribution in [2.24, 2.45) is 0 Å². The summed E-state index contributed by atoms with van der Waals surface area (Å²) in [4.78, 5) is 12.9. The van der Waals surface area contributed by atoms with Gasteiger partial charge in [-0.15, -0.1) is 0 Å². The lowest BCUT2D eigenvalue weighted by molar-refractivity contribution is -0.127. The summed E-state index contributed by atoms with van der Waals surface area (Å²) in [6.45, 7) is 6.30. The second-order valence-corrected chi connectivity index (χ2v) is 2.63. The van der Waals surface area contributed by atoms with E-state index in [-0.39, 0.29) is 11.5 Å². The molecule has 12 heavy (non-hydrogen) atoms. The van der Waals surface area contributed by atoms with Gasteiger partial charge >= 0.3 is 0 Å². The number of nitrogens with one attached hydrogen (secondary N) is 1. The van der Waals surface area contributed by atoms with Crippen LogP contribution in [-0.2, 0) is 4.79 Å². The molecule has 1 aliphatic rings. The highest BCUT2D eigenvalue weighted by Crippen LogP contribution is 1.99. The molecule has 1 heterocycles. The molecule has 0 spiro atoms. The Balaban J connectivity index is 2.52. The molecule has 0 aromatic rings. The van der Waals surface area contributed by atoms with Gasteiger partial charge in [0.1, 0.15) is 11.6 Å². The number of rotatable bonds is 1. The minimum absolute atomic E-state index is 0.0249. The molecule has 1 N–H and O–H groups in total. The van der Waals surface area contributed by atoms with Gasteiger partial charge in [0.2, 0.25) is 0 Å². The third kappa shape index (κ3) is 1.83. The molecule has 4 heteroatoms. The van der Waals surface area contributed by atoms with Crippen LogP contribution in [0.3, 0.4) is 0 Å². The summed E-state index contributed by atoms with van der Waals surface area (Å²) in [5, 5.41) is 11.5. The molecule has 0 atom stereocenters. The van der Waals surface area contributed by atoms with Gasteiger partial charge in [0.25, 0.3) is 5.91 Å². The predicted molar refractivity (Wildman–Crippen MR) is 44.2 cm³/mol. The smallest absolute Gasteiger partial charge is 0.263 e. The number of amides is 1. The average Bonchev–Trinajstić information content (AvgIpc) is 2.17. The van der Waals surface area contributed by atoms with Crippen molar-refractivity contribution in [1.29, 1.82) is 5.26 Å². The van der Waals surface area contributed by atoms with Gasteiger partial charge < -0.3 is 10.2 Å². The van der Waals surface area contributed by atoms with Gasteiger partial charge in [-0.1, -0.05) is 6.58 Å². The molecule has 0 aliphatic carbocycles. The average molecular weight is 165 g/mol. The molecular weight excluding hydrogens is 154 g/mol. The Morgan fingerprint density at radius 3 is 2.58 bits per heavy atom. The number of hydrogen-bond acceptors (Lipinski definition) is 3. The van der Waals surface area contributed by atoms with Gasteiger partial charge in [-0.25, -0.2) is 0 Å². The van der Waals surface area contributed by atoms with Crippen LogP contribution < -0.4 is 5.32 Å². The summed E-state index contributed by atoms with van der Waals surface area (Å²) >= 11 is 0. The van der Waals surface area contributed by atoms with Crippen molar-refractivity contribution in [3.8, 4) is 6.07 Å². The first-order valence-electron chi connectivity index (χ1n) is 3.84. The minimum atomic E-state index is -0.237. The predicted octanol–water partition coefficient (Wildman–Crippen LogP) is -0.502. The Morgan fingerprint density at radius 2 is 2.08 bits per heavy atom. The zero-order chi connectivity index (χ0) is 8.97. The minimum Gasteiger partial charge on any atom is -0.335 e. The van der Waals surface area contributed by atoms with Crippen molar-refractivity contribution in [3.05, 3.63) is 12.2 Å². The number of carbonyl (C=O) groups is 1. The number of hydrogen-bond donors (Lipinski definition) is 1. The monoisotopic (exact) mass is 165 g/mol. The van der Waals surface area contributed by atoms with Crippen LogP contribution in [-0.4, -0.2) is 37.0 Å². The molecule has 1 aliphatic heterocycles. The molecule has 0 radical (unpaired) electrons. The zero-order valence-electron chi connectivity index (χ0n) is 6.84. The Bertz CT molecular complexity index is 235. The van der Waals surface area contributed by atoms with Crippen molar-refractivity contribution in [2.75, 3.05) is 26.2 Å². The van der Waals surface area contributed by atoms with Crippen LogP contribution in [0.5, 0.6) is 0 Å². The van der Waals surface area contributed by atoms with E-state index in [4.69, 9.17) is 5.26 Å². The van der Waals surface area contributed by atoms with Crippen LogP contribution in [0.15, 0.2) is 12.2 Å². The highest BCUT2D eigenvalue weighted by molar-refractivity contribution is 5.96. The lowest BCUT2D eigenvalue weighted by atomic mass is 10.2. The fourth-order valence-corrected chi connectivity index (χ4v) is 1.11. The molecular formula is C8H11N3O. The molecule has 1 saturated heterocycles. The third-order valence-corrected chi connectivity index (χ3v) is 1.80. The molecule has 4 nitrogen and oxygen atoms in total. The Labute approximate surface area is 71.5 Å². The molecule has 64 valence electrons. The number of nitriles is 1. The van der Waals surface area contributed by atoms with E-state index in [9.17, 15) is 4.79 Å². The lowest BCUT2D eigenvalue weighted by Crippen LogP contribution is -2.46. The molecule has 1 fully saturated rings. The van der Waals surface area contributed by atoms with Crippen LogP contribution in [0.1, 0.15) is 0 Å². The van der Waals surface area contributed by atoms with Crippen LogP contribution >= 0.6 is 0 Å². The molecule has 0 bridgehead atoms. The van der Waals surface area contributed by atoms with E-state index in [2.05, 4.69) is 11.9 Å². The van der Waals surface area contributed by atoms with Crippen molar-refractivity contribution in [2.45, 2.75) is 0 Å². The normalized spacial score (nSPS) is 16.8. The van der Waals surface area contributed by atoms with E-state index in [1.807, 2.05) is 0 Å². The number of piperazine rings is 1. The largest absolute Gasteiger partial charge is 0.335 e. The first-order valence-corrected chi connectivity index (χ1v) is 3.84. The second kappa shape index (κ2) is 3.88. The van der Waals surface area contributed by atoms with Crippen LogP contribution in [0.4, 0.5) is 0 Å². The Hall–Kier alpha value is -1.34. The molecule has 0 aromatic heterocycles. The molecule has 1 rings (SSSR count). The van der Waals surface area contributed by atoms with Gasteiger partial charge in [-0.2, -0.15) is 5.26 Å². The van der Waals surface area contributed by atoms with E-state index in [1.165, 1.54) is 0 Å². The standard InChI is InChI=1S/C8H11N3O/c1-7(6-9)8(12)11-4-2-10-3-5-11/h10H,1-5H2. The molecule has 0 unspecified atom stereocenters. The van der Waals surface area contributed by atoms with E-state index in [0.29, 0.717) is 13.1 Å². The van der Waals surface area contributed by atoms with Crippen molar-refractivity contribution in [3.63, 3.8) is 0 Å². The fourth-order valence-electron chi connectivity index (χ4n) is 1.11. The summed E-state index contributed by atoms with van der Waals surface area (Å²) < 4.78 is 0. The summed E-state index contributed by atoms with van der Waals surface area (Å²) in [5.74, 6) is -0.237. The maximum Gasteiger partial charge on any atom is 0.263 e. The molecule has 0 saturated carbocycles. The first kappa shape index (κ1) is 8.75. The van der Waals surface area contributed by atoms with Crippen molar-refractivity contribution in [1.82, 2.24) is 10.2 Å². The lowest BCUT2D eigenvalue weighted by Gasteiger charge is -2.26. The number of nitrogens with zero attached hydrogens (tertiary/aromatic N) is 2. The van der Waals surface area contributed by atoms with E-state index >= 15 is 0 Å². The van der Waals surface area contributed by atoms with Gasteiger partial charge in [0.15, 0.2) is 0 Å². The highest BCUT2D eigenvalue weighted by Gasteiger charge is 2.17. The van der Waals surface area contributed by atoms with E-state index in [1.54, 1.807) is 11.0 Å². The van der Waals surface area contributed by atoms with Crippen molar-refractivity contribution >= 4 is 5.91 Å². The SMILES string of the molecule is C=C(C#N)C(=O)N1CCNCC1. The molecule has 0 aromatic carbocycles. The van der Waals surface area contributed by atoms with Gasteiger partial charge in [-0.3, -0.25) is 4.79 Å². The Morgan fingerprint density at radius 1 is 1.50 bits per heavy atom. The van der Waals surface area contributed by atoms with Crippen LogP contribution in [0.25, 0.3) is 0 Å². The number of carbonyl (C=O) groups excluding carboxylic acids is 1. The maximum absolute atomic E-state index is 11.3. The highest BCUT2D eigenvalue weighted by atomic mass is 16.2. The third-order valence-electron chi connectivity index (χ3n) is 1.80.